The van der Waals surface area contributed by atoms with Gasteiger partial charge in [-0.25, -0.2) is 0 Å². The van der Waals surface area contributed by atoms with Crippen molar-refractivity contribution >= 4 is 35.0 Å². The van der Waals surface area contributed by atoms with E-state index in [0.717, 1.165) is 53.2 Å². The summed E-state index contributed by atoms with van der Waals surface area (Å²) in [6.07, 6.45) is 0. The fourth-order valence-electron chi connectivity index (χ4n) is 2.94. The summed E-state index contributed by atoms with van der Waals surface area (Å²) in [5.41, 5.74) is 0.852. The van der Waals surface area contributed by atoms with Crippen molar-refractivity contribution in [2.24, 2.45) is 0 Å². The number of anilines is 1. The van der Waals surface area contributed by atoms with Gasteiger partial charge in [0.15, 0.2) is 0 Å². The van der Waals surface area contributed by atoms with Crippen LogP contribution in [0, 0.1) is 0 Å². The lowest BCUT2D eigenvalue weighted by molar-refractivity contribution is -0.117. The van der Waals surface area contributed by atoms with Crippen LogP contribution in [0.25, 0.3) is 0 Å². The highest BCUT2D eigenvalue weighted by molar-refractivity contribution is 7.99. The van der Waals surface area contributed by atoms with Crippen molar-refractivity contribution < 1.29 is 4.79 Å². The standard InChI is InChI=1S/C20H24ClN3OS/c1-2-23-11-13-24(14-12-23)15-20(25)22-18-5-3-4-6-19(18)26-17-9-7-16(21)8-10-17/h3-10H,2,11-15H2,1H3,(H,22,25). The van der Waals surface area contributed by atoms with Crippen LogP contribution in [0.4, 0.5) is 5.69 Å². The highest BCUT2D eigenvalue weighted by Gasteiger charge is 2.18. The minimum Gasteiger partial charge on any atom is -0.324 e. The molecule has 1 aliphatic rings. The third kappa shape index (κ3) is 5.48. The molecular weight excluding hydrogens is 366 g/mol. The van der Waals surface area contributed by atoms with E-state index < -0.39 is 0 Å². The van der Waals surface area contributed by atoms with Crippen LogP contribution in [0.5, 0.6) is 0 Å². The van der Waals surface area contributed by atoms with Crippen molar-refractivity contribution in [1.82, 2.24) is 9.80 Å². The van der Waals surface area contributed by atoms with Crippen LogP contribution in [-0.4, -0.2) is 55.0 Å². The molecule has 1 N–H and O–H groups in total. The van der Waals surface area contributed by atoms with Crippen LogP contribution in [0.15, 0.2) is 58.3 Å². The first-order valence-corrected chi connectivity index (χ1v) is 10.1. The van der Waals surface area contributed by atoms with Crippen molar-refractivity contribution in [3.8, 4) is 0 Å². The summed E-state index contributed by atoms with van der Waals surface area (Å²) in [6, 6.07) is 15.6. The molecule has 4 nitrogen and oxygen atoms in total. The molecule has 3 rings (SSSR count). The first-order valence-electron chi connectivity index (χ1n) is 8.91. The Hall–Kier alpha value is -1.53. The Kier molecular flexibility index (Phi) is 6.97. The molecule has 2 aromatic rings. The molecule has 1 aliphatic heterocycles. The predicted octanol–water partition coefficient (Wildman–Crippen LogP) is 4.07. The van der Waals surface area contributed by atoms with E-state index in [4.69, 9.17) is 11.6 Å². The van der Waals surface area contributed by atoms with E-state index in [-0.39, 0.29) is 5.91 Å². The summed E-state index contributed by atoms with van der Waals surface area (Å²) >= 11 is 7.57. The quantitative estimate of drug-likeness (QED) is 0.807. The van der Waals surface area contributed by atoms with Gasteiger partial charge in [-0.1, -0.05) is 42.4 Å². The molecule has 1 amide bonds. The lowest BCUT2D eigenvalue weighted by Gasteiger charge is -2.33. The molecule has 0 saturated carbocycles. The number of likely N-dealkylation sites (N-methyl/N-ethyl adjacent to an activating group) is 1. The van der Waals surface area contributed by atoms with Gasteiger partial charge < -0.3 is 10.2 Å². The van der Waals surface area contributed by atoms with Crippen LogP contribution >= 0.6 is 23.4 Å². The van der Waals surface area contributed by atoms with E-state index in [1.54, 1.807) is 11.8 Å². The van der Waals surface area contributed by atoms with Gasteiger partial charge in [0.2, 0.25) is 5.91 Å². The summed E-state index contributed by atoms with van der Waals surface area (Å²) in [4.78, 5) is 19.2. The van der Waals surface area contributed by atoms with Gasteiger partial charge in [-0.05, 0) is 42.9 Å². The highest BCUT2D eigenvalue weighted by Crippen LogP contribution is 2.33. The third-order valence-electron chi connectivity index (χ3n) is 4.48. The Morgan fingerprint density at radius 2 is 1.69 bits per heavy atom. The molecule has 1 fully saturated rings. The molecule has 6 heteroatoms. The van der Waals surface area contributed by atoms with Crippen LogP contribution in [0.1, 0.15) is 6.92 Å². The average molecular weight is 390 g/mol. The summed E-state index contributed by atoms with van der Waals surface area (Å²) in [5, 5.41) is 3.79. The lowest BCUT2D eigenvalue weighted by Crippen LogP contribution is -2.48. The van der Waals surface area contributed by atoms with E-state index in [1.807, 2.05) is 48.5 Å². The van der Waals surface area contributed by atoms with Gasteiger partial charge in [0.25, 0.3) is 0 Å². The first kappa shape index (κ1) is 19.2. The van der Waals surface area contributed by atoms with E-state index in [1.165, 1.54) is 0 Å². The summed E-state index contributed by atoms with van der Waals surface area (Å²) in [7, 11) is 0. The van der Waals surface area contributed by atoms with Gasteiger partial charge in [0.05, 0.1) is 12.2 Å². The fourth-order valence-corrected chi connectivity index (χ4v) is 3.97. The number of hydrogen-bond donors (Lipinski definition) is 1. The van der Waals surface area contributed by atoms with Crippen LogP contribution in [0.2, 0.25) is 5.02 Å². The molecule has 0 spiro atoms. The average Bonchev–Trinajstić information content (AvgIpc) is 2.66. The minimum absolute atomic E-state index is 0.0408. The van der Waals surface area contributed by atoms with Crippen molar-refractivity contribution in [3.05, 3.63) is 53.6 Å². The van der Waals surface area contributed by atoms with Crippen molar-refractivity contribution in [1.29, 1.82) is 0 Å². The first-order chi connectivity index (χ1) is 12.6. The number of halogens is 1. The highest BCUT2D eigenvalue weighted by atomic mass is 35.5. The third-order valence-corrected chi connectivity index (χ3v) is 5.82. The van der Waals surface area contributed by atoms with Crippen molar-refractivity contribution in [3.63, 3.8) is 0 Å². The fraction of sp³-hybridized carbons (Fsp3) is 0.350. The summed E-state index contributed by atoms with van der Waals surface area (Å²) in [6.45, 7) is 7.66. The van der Waals surface area contributed by atoms with Gasteiger partial charge >= 0.3 is 0 Å². The molecule has 1 heterocycles. The number of para-hydroxylation sites is 1. The number of nitrogens with zero attached hydrogens (tertiary/aromatic N) is 2. The number of rotatable bonds is 6. The molecule has 0 aliphatic carbocycles. The maximum atomic E-state index is 12.5. The smallest absolute Gasteiger partial charge is 0.238 e. The predicted molar refractivity (Wildman–Crippen MR) is 109 cm³/mol. The Balaban J connectivity index is 1.59. The number of amides is 1. The van der Waals surface area contributed by atoms with Gasteiger partial charge in [0.1, 0.15) is 0 Å². The second kappa shape index (κ2) is 9.42. The topological polar surface area (TPSA) is 35.6 Å². The van der Waals surface area contributed by atoms with Gasteiger partial charge in [-0.15, -0.1) is 0 Å². The zero-order chi connectivity index (χ0) is 18.4. The number of benzene rings is 2. The Bertz CT molecular complexity index is 730. The number of hydrogen-bond acceptors (Lipinski definition) is 4. The maximum absolute atomic E-state index is 12.5. The molecule has 26 heavy (non-hydrogen) atoms. The Morgan fingerprint density at radius 1 is 1.04 bits per heavy atom. The van der Waals surface area contributed by atoms with Crippen molar-refractivity contribution in [2.45, 2.75) is 16.7 Å². The lowest BCUT2D eigenvalue weighted by atomic mass is 10.3. The molecule has 0 unspecified atom stereocenters. The molecule has 0 radical (unpaired) electrons. The van der Waals surface area contributed by atoms with Gasteiger partial charge in [-0.2, -0.15) is 0 Å². The summed E-state index contributed by atoms with van der Waals surface area (Å²) in [5.74, 6) is 0.0408. The number of piperazine rings is 1. The van der Waals surface area contributed by atoms with Gasteiger partial charge in [-0.3, -0.25) is 9.69 Å². The number of carbonyl (C=O) groups is 1. The largest absolute Gasteiger partial charge is 0.324 e. The van der Waals surface area contributed by atoms with Crippen LogP contribution in [0.3, 0.4) is 0 Å². The van der Waals surface area contributed by atoms with Crippen molar-refractivity contribution in [2.75, 3.05) is 44.6 Å². The van der Waals surface area contributed by atoms with E-state index >= 15 is 0 Å². The summed E-state index contributed by atoms with van der Waals surface area (Å²) < 4.78 is 0. The second-order valence-corrected chi connectivity index (χ2v) is 7.86. The molecule has 0 bridgehead atoms. The molecule has 0 aromatic heterocycles. The Labute approximate surface area is 164 Å². The molecule has 138 valence electrons. The molecule has 0 atom stereocenters. The maximum Gasteiger partial charge on any atom is 0.238 e. The number of nitrogens with one attached hydrogen (secondary N) is 1. The molecular formula is C20H24ClN3OS. The van der Waals surface area contributed by atoms with E-state index in [0.29, 0.717) is 6.54 Å². The Morgan fingerprint density at radius 3 is 2.38 bits per heavy atom. The monoisotopic (exact) mass is 389 g/mol. The zero-order valence-electron chi connectivity index (χ0n) is 15.0. The normalized spacial score (nSPS) is 15.8. The number of carbonyl (C=O) groups excluding carboxylic acids is 1. The van der Waals surface area contributed by atoms with Crippen LogP contribution in [-0.2, 0) is 4.79 Å². The zero-order valence-corrected chi connectivity index (χ0v) is 16.5. The minimum atomic E-state index is 0.0408. The molecule has 2 aromatic carbocycles. The SMILES string of the molecule is CCN1CCN(CC(=O)Nc2ccccc2Sc2ccc(Cl)cc2)CC1. The second-order valence-electron chi connectivity index (χ2n) is 6.31. The van der Waals surface area contributed by atoms with Crippen LogP contribution < -0.4 is 5.32 Å². The van der Waals surface area contributed by atoms with Gasteiger partial charge in [0, 0.05) is 41.0 Å². The molecule has 1 saturated heterocycles. The van der Waals surface area contributed by atoms with E-state index in [2.05, 4.69) is 22.0 Å². The van der Waals surface area contributed by atoms with E-state index in [9.17, 15) is 4.79 Å².